The molecule has 0 bridgehead atoms. The van der Waals surface area contributed by atoms with Gasteiger partial charge < -0.3 is 15.1 Å². The maximum Gasteiger partial charge on any atom is 0.253 e. The van der Waals surface area contributed by atoms with E-state index in [4.69, 9.17) is 0 Å². The highest BCUT2D eigenvalue weighted by atomic mass is 16.3. The molecule has 1 aromatic rings. The maximum absolute atomic E-state index is 12.6. The van der Waals surface area contributed by atoms with Crippen LogP contribution in [0.25, 0.3) is 0 Å². The van der Waals surface area contributed by atoms with Crippen molar-refractivity contribution in [1.82, 2.24) is 9.80 Å². The smallest absolute Gasteiger partial charge is 0.253 e. The van der Waals surface area contributed by atoms with E-state index in [9.17, 15) is 15.0 Å². The van der Waals surface area contributed by atoms with E-state index in [1.807, 2.05) is 31.2 Å². The Labute approximate surface area is 150 Å². The van der Waals surface area contributed by atoms with Gasteiger partial charge in [0.15, 0.2) is 0 Å². The molecule has 0 spiro atoms. The Balaban J connectivity index is 1.54. The van der Waals surface area contributed by atoms with E-state index in [1.165, 1.54) is 5.56 Å². The first-order valence-electron chi connectivity index (χ1n) is 9.46. The molecule has 3 rings (SSSR count). The molecule has 2 heterocycles. The van der Waals surface area contributed by atoms with Crippen LogP contribution in [0.15, 0.2) is 24.3 Å². The van der Waals surface area contributed by atoms with Gasteiger partial charge in [-0.25, -0.2) is 0 Å². The third kappa shape index (κ3) is 4.60. The summed E-state index contributed by atoms with van der Waals surface area (Å²) in [5, 5.41) is 19.2. The number of likely N-dealkylation sites (tertiary alicyclic amines) is 2. The highest BCUT2D eigenvalue weighted by Gasteiger charge is 2.27. The molecule has 25 heavy (non-hydrogen) atoms. The van der Waals surface area contributed by atoms with E-state index in [0.717, 1.165) is 45.4 Å². The second-order valence-electron chi connectivity index (χ2n) is 7.68. The molecule has 0 saturated carbocycles. The molecule has 2 unspecified atom stereocenters. The molecule has 2 N–H and O–H groups in total. The topological polar surface area (TPSA) is 64.0 Å². The average Bonchev–Trinajstić information content (AvgIpc) is 2.65. The maximum atomic E-state index is 12.6. The SMILES string of the molecule is CC1CCN(C(=O)c2ccc(CN3CCC(CO)CC3)cc2)CC1O. The van der Waals surface area contributed by atoms with Crippen LogP contribution in [-0.4, -0.2) is 64.8 Å². The second kappa shape index (κ2) is 8.30. The van der Waals surface area contributed by atoms with Crippen LogP contribution in [0.3, 0.4) is 0 Å². The molecular formula is C20H30N2O3. The molecule has 138 valence electrons. The van der Waals surface area contributed by atoms with Crippen molar-refractivity contribution in [3.8, 4) is 0 Å². The van der Waals surface area contributed by atoms with E-state index >= 15 is 0 Å². The number of carbonyl (C=O) groups excluding carboxylic acids is 1. The number of β-amino-alcohol motifs (C(OH)–C–C–N with tert-alkyl or cyclic N) is 1. The number of rotatable bonds is 4. The standard InChI is InChI=1S/C20H30N2O3/c1-15-6-11-22(13-19(15)24)20(25)18-4-2-16(3-5-18)12-21-9-7-17(14-23)8-10-21/h2-5,15,17,19,23-24H,6-14H2,1H3. The molecule has 0 aliphatic carbocycles. The van der Waals surface area contributed by atoms with Crippen molar-refractivity contribution in [3.63, 3.8) is 0 Å². The molecule has 1 aromatic carbocycles. The number of hydrogen-bond acceptors (Lipinski definition) is 4. The first-order chi connectivity index (χ1) is 12.1. The molecule has 5 heteroatoms. The van der Waals surface area contributed by atoms with Gasteiger partial charge in [-0.1, -0.05) is 19.1 Å². The van der Waals surface area contributed by atoms with E-state index in [0.29, 0.717) is 24.6 Å². The summed E-state index contributed by atoms with van der Waals surface area (Å²) in [6.45, 7) is 6.43. The van der Waals surface area contributed by atoms with E-state index in [1.54, 1.807) is 4.90 Å². The van der Waals surface area contributed by atoms with Crippen LogP contribution in [0.1, 0.15) is 42.1 Å². The van der Waals surface area contributed by atoms with Crippen molar-refractivity contribution in [2.75, 3.05) is 32.8 Å². The molecule has 2 aliphatic heterocycles. The van der Waals surface area contributed by atoms with Gasteiger partial charge in [-0.3, -0.25) is 9.69 Å². The molecular weight excluding hydrogens is 316 g/mol. The van der Waals surface area contributed by atoms with Crippen LogP contribution in [0.4, 0.5) is 0 Å². The Kier molecular flexibility index (Phi) is 6.10. The summed E-state index contributed by atoms with van der Waals surface area (Å²) in [5.74, 6) is 0.738. The lowest BCUT2D eigenvalue weighted by Crippen LogP contribution is -2.45. The van der Waals surface area contributed by atoms with Gasteiger partial charge in [-0.2, -0.15) is 0 Å². The van der Waals surface area contributed by atoms with Gasteiger partial charge in [0.1, 0.15) is 0 Å². The van der Waals surface area contributed by atoms with Crippen molar-refractivity contribution in [1.29, 1.82) is 0 Å². The van der Waals surface area contributed by atoms with Crippen LogP contribution in [-0.2, 0) is 6.54 Å². The lowest BCUT2D eigenvalue weighted by molar-refractivity contribution is 0.0248. The van der Waals surface area contributed by atoms with Crippen molar-refractivity contribution in [2.45, 2.75) is 38.8 Å². The van der Waals surface area contributed by atoms with Crippen molar-refractivity contribution in [2.24, 2.45) is 11.8 Å². The fourth-order valence-electron chi connectivity index (χ4n) is 3.75. The van der Waals surface area contributed by atoms with Crippen LogP contribution in [0, 0.1) is 11.8 Å². The summed E-state index contributed by atoms with van der Waals surface area (Å²) < 4.78 is 0. The van der Waals surface area contributed by atoms with Crippen molar-refractivity contribution in [3.05, 3.63) is 35.4 Å². The fraction of sp³-hybridized carbons (Fsp3) is 0.650. The Morgan fingerprint density at radius 3 is 2.40 bits per heavy atom. The number of carbonyl (C=O) groups is 1. The van der Waals surface area contributed by atoms with Gasteiger partial charge in [0.25, 0.3) is 5.91 Å². The summed E-state index contributed by atoms with van der Waals surface area (Å²) in [5.41, 5.74) is 1.91. The fourth-order valence-corrected chi connectivity index (χ4v) is 3.75. The summed E-state index contributed by atoms with van der Waals surface area (Å²) in [6, 6.07) is 7.88. The predicted octanol–water partition coefficient (Wildman–Crippen LogP) is 1.73. The molecule has 2 fully saturated rings. The minimum atomic E-state index is -0.418. The van der Waals surface area contributed by atoms with Crippen molar-refractivity contribution >= 4 is 5.91 Å². The second-order valence-corrected chi connectivity index (χ2v) is 7.68. The Morgan fingerprint density at radius 1 is 1.12 bits per heavy atom. The number of nitrogens with zero attached hydrogens (tertiary/aromatic N) is 2. The van der Waals surface area contributed by atoms with E-state index in [2.05, 4.69) is 4.90 Å². The lowest BCUT2D eigenvalue weighted by atomic mass is 9.95. The van der Waals surface area contributed by atoms with Crippen LogP contribution >= 0.6 is 0 Å². The molecule has 2 aliphatic rings. The zero-order valence-corrected chi connectivity index (χ0v) is 15.1. The van der Waals surface area contributed by atoms with Gasteiger partial charge in [0.05, 0.1) is 6.10 Å². The summed E-state index contributed by atoms with van der Waals surface area (Å²) in [6.07, 6.45) is 2.55. The van der Waals surface area contributed by atoms with Gasteiger partial charge in [-0.05, 0) is 61.9 Å². The van der Waals surface area contributed by atoms with Gasteiger partial charge in [-0.15, -0.1) is 0 Å². The first kappa shape index (κ1) is 18.4. The molecule has 1 amide bonds. The first-order valence-corrected chi connectivity index (χ1v) is 9.46. The normalized spacial score (nSPS) is 26.0. The van der Waals surface area contributed by atoms with Crippen LogP contribution in [0.5, 0.6) is 0 Å². The lowest BCUT2D eigenvalue weighted by Gasteiger charge is -2.34. The van der Waals surface area contributed by atoms with Gasteiger partial charge in [0.2, 0.25) is 0 Å². The molecule has 2 saturated heterocycles. The number of benzene rings is 1. The largest absolute Gasteiger partial charge is 0.396 e. The summed E-state index contributed by atoms with van der Waals surface area (Å²) in [7, 11) is 0. The zero-order chi connectivity index (χ0) is 17.8. The monoisotopic (exact) mass is 346 g/mol. The highest BCUT2D eigenvalue weighted by molar-refractivity contribution is 5.94. The Hall–Kier alpha value is -1.43. The minimum Gasteiger partial charge on any atom is -0.396 e. The summed E-state index contributed by atoms with van der Waals surface area (Å²) >= 11 is 0. The zero-order valence-electron chi connectivity index (χ0n) is 15.1. The average molecular weight is 346 g/mol. The number of aliphatic hydroxyl groups is 2. The van der Waals surface area contributed by atoms with E-state index < -0.39 is 6.10 Å². The molecule has 0 aromatic heterocycles. The van der Waals surface area contributed by atoms with Gasteiger partial charge >= 0.3 is 0 Å². The van der Waals surface area contributed by atoms with Gasteiger partial charge in [0, 0.05) is 31.8 Å². The molecule has 0 radical (unpaired) electrons. The predicted molar refractivity (Wildman–Crippen MR) is 97.2 cm³/mol. The number of aliphatic hydroxyl groups excluding tert-OH is 2. The summed E-state index contributed by atoms with van der Waals surface area (Å²) in [4.78, 5) is 16.8. The minimum absolute atomic E-state index is 0.0151. The number of amides is 1. The van der Waals surface area contributed by atoms with Crippen LogP contribution < -0.4 is 0 Å². The highest BCUT2D eigenvalue weighted by Crippen LogP contribution is 2.21. The third-order valence-corrected chi connectivity index (χ3v) is 5.78. The number of hydrogen-bond donors (Lipinski definition) is 2. The molecule has 2 atom stereocenters. The Morgan fingerprint density at radius 2 is 1.80 bits per heavy atom. The van der Waals surface area contributed by atoms with E-state index in [-0.39, 0.29) is 11.8 Å². The van der Waals surface area contributed by atoms with Crippen molar-refractivity contribution < 1.29 is 15.0 Å². The van der Waals surface area contributed by atoms with Crippen LogP contribution in [0.2, 0.25) is 0 Å². The number of piperidine rings is 2. The third-order valence-electron chi connectivity index (χ3n) is 5.78. The molecule has 5 nitrogen and oxygen atoms in total. The Bertz CT molecular complexity index is 567. The quantitative estimate of drug-likeness (QED) is 0.872.